The van der Waals surface area contributed by atoms with Gasteiger partial charge in [0.25, 0.3) is 0 Å². The van der Waals surface area contributed by atoms with Crippen molar-refractivity contribution in [3.63, 3.8) is 0 Å². The Morgan fingerprint density at radius 2 is 1.90 bits per heavy atom. The highest BCUT2D eigenvalue weighted by Crippen LogP contribution is 1.97. The van der Waals surface area contributed by atoms with Crippen molar-refractivity contribution in [2.75, 3.05) is 6.54 Å². The van der Waals surface area contributed by atoms with Crippen LogP contribution in [0.15, 0.2) is 0 Å². The van der Waals surface area contributed by atoms with Crippen LogP contribution in [0, 0.1) is 0 Å². The number of rotatable bonds is 3. The summed E-state index contributed by atoms with van der Waals surface area (Å²) in [4.78, 5) is 10.8. The highest BCUT2D eigenvalue weighted by atomic mass is 16.1. The van der Waals surface area contributed by atoms with E-state index in [9.17, 15) is 4.79 Å². The minimum Gasteiger partial charge on any atom is -0.305 e. The Morgan fingerprint density at radius 1 is 1.40 bits per heavy atom. The van der Waals surface area contributed by atoms with Gasteiger partial charge in [0, 0.05) is 12.0 Å². The van der Waals surface area contributed by atoms with Crippen molar-refractivity contribution in [2.45, 2.75) is 39.7 Å². The zero-order valence-corrected chi connectivity index (χ0v) is 7.32. The van der Waals surface area contributed by atoms with Crippen molar-refractivity contribution in [1.82, 2.24) is 5.32 Å². The van der Waals surface area contributed by atoms with Gasteiger partial charge in [-0.05, 0) is 20.8 Å². The van der Waals surface area contributed by atoms with Gasteiger partial charge >= 0.3 is 0 Å². The van der Waals surface area contributed by atoms with E-state index in [0.29, 0.717) is 13.0 Å². The quantitative estimate of drug-likeness (QED) is 0.646. The topological polar surface area (TPSA) is 29.1 Å². The standard InChI is InChI=1S/C8H17NO/c1-5-7(10)6-9-8(2,3)4/h9H,5-6H2,1-4H3. The molecule has 0 heterocycles. The number of nitrogens with one attached hydrogen (secondary N) is 1. The molecule has 10 heavy (non-hydrogen) atoms. The number of hydrogen-bond donors (Lipinski definition) is 1. The summed E-state index contributed by atoms with van der Waals surface area (Å²) in [5.74, 6) is 0.273. The smallest absolute Gasteiger partial charge is 0.146 e. The molecule has 0 aliphatic heterocycles. The van der Waals surface area contributed by atoms with Gasteiger partial charge < -0.3 is 5.32 Å². The van der Waals surface area contributed by atoms with Crippen LogP contribution in [-0.4, -0.2) is 17.9 Å². The second-order valence-corrected chi connectivity index (χ2v) is 3.50. The van der Waals surface area contributed by atoms with Crippen molar-refractivity contribution in [3.8, 4) is 0 Å². The average molecular weight is 143 g/mol. The average Bonchev–Trinajstić information content (AvgIpc) is 1.81. The maximum atomic E-state index is 10.8. The summed E-state index contributed by atoms with van der Waals surface area (Å²) < 4.78 is 0. The molecule has 0 bridgehead atoms. The lowest BCUT2D eigenvalue weighted by molar-refractivity contribution is -0.118. The second kappa shape index (κ2) is 3.71. The summed E-state index contributed by atoms with van der Waals surface area (Å²) in [6.45, 7) is 8.54. The van der Waals surface area contributed by atoms with Crippen LogP contribution >= 0.6 is 0 Å². The monoisotopic (exact) mass is 143 g/mol. The Hall–Kier alpha value is -0.370. The Kier molecular flexibility index (Phi) is 3.58. The van der Waals surface area contributed by atoms with Crippen LogP contribution in [-0.2, 0) is 4.79 Å². The van der Waals surface area contributed by atoms with Gasteiger partial charge in [0.2, 0.25) is 0 Å². The molecule has 0 atom stereocenters. The van der Waals surface area contributed by atoms with Crippen molar-refractivity contribution in [2.24, 2.45) is 0 Å². The number of ketones is 1. The summed E-state index contributed by atoms with van der Waals surface area (Å²) >= 11 is 0. The zero-order chi connectivity index (χ0) is 8.20. The van der Waals surface area contributed by atoms with E-state index >= 15 is 0 Å². The maximum Gasteiger partial charge on any atom is 0.146 e. The van der Waals surface area contributed by atoms with Crippen LogP contribution in [0.4, 0.5) is 0 Å². The molecule has 0 saturated carbocycles. The molecule has 0 spiro atoms. The molecule has 0 radical (unpaired) electrons. The molecular formula is C8H17NO. The number of hydrogen-bond acceptors (Lipinski definition) is 2. The predicted molar refractivity (Wildman–Crippen MR) is 43.1 cm³/mol. The molecule has 0 saturated heterocycles. The Morgan fingerprint density at radius 3 is 2.20 bits per heavy atom. The van der Waals surface area contributed by atoms with E-state index in [1.807, 2.05) is 6.92 Å². The molecule has 0 aliphatic rings. The molecule has 0 aromatic rings. The lowest BCUT2D eigenvalue weighted by Crippen LogP contribution is -2.39. The molecule has 1 N–H and O–H groups in total. The summed E-state index contributed by atoms with van der Waals surface area (Å²) in [7, 11) is 0. The molecule has 0 amide bonds. The van der Waals surface area contributed by atoms with Crippen LogP contribution in [0.25, 0.3) is 0 Å². The van der Waals surface area contributed by atoms with E-state index in [1.54, 1.807) is 0 Å². The fraction of sp³-hybridized carbons (Fsp3) is 0.875. The summed E-state index contributed by atoms with van der Waals surface area (Å²) in [5.41, 5.74) is 0.0603. The fourth-order valence-corrected chi connectivity index (χ4v) is 0.489. The van der Waals surface area contributed by atoms with Crippen molar-refractivity contribution >= 4 is 5.78 Å². The van der Waals surface area contributed by atoms with Crippen LogP contribution < -0.4 is 5.32 Å². The first-order valence-electron chi connectivity index (χ1n) is 3.72. The lowest BCUT2D eigenvalue weighted by Gasteiger charge is -2.19. The molecule has 0 aromatic carbocycles. The van der Waals surface area contributed by atoms with Gasteiger partial charge in [0.15, 0.2) is 0 Å². The van der Waals surface area contributed by atoms with Gasteiger partial charge in [-0.2, -0.15) is 0 Å². The van der Waals surface area contributed by atoms with Gasteiger partial charge in [0.05, 0.1) is 6.54 Å². The number of Topliss-reactive ketones (excluding diaryl/α,β-unsaturated/α-hetero) is 1. The predicted octanol–water partition coefficient (Wildman–Crippen LogP) is 1.35. The molecule has 60 valence electrons. The Bertz CT molecular complexity index is 113. The third kappa shape index (κ3) is 5.76. The zero-order valence-electron chi connectivity index (χ0n) is 7.32. The van der Waals surface area contributed by atoms with E-state index in [0.717, 1.165) is 0 Å². The van der Waals surface area contributed by atoms with E-state index < -0.39 is 0 Å². The number of carbonyl (C=O) groups is 1. The second-order valence-electron chi connectivity index (χ2n) is 3.50. The fourth-order valence-electron chi connectivity index (χ4n) is 0.489. The highest BCUT2D eigenvalue weighted by molar-refractivity contribution is 5.80. The molecule has 2 nitrogen and oxygen atoms in total. The third-order valence-electron chi connectivity index (χ3n) is 1.21. The van der Waals surface area contributed by atoms with E-state index in [1.165, 1.54) is 0 Å². The molecular weight excluding hydrogens is 126 g/mol. The summed E-state index contributed by atoms with van der Waals surface area (Å²) in [6.07, 6.45) is 0.628. The normalized spacial score (nSPS) is 11.6. The highest BCUT2D eigenvalue weighted by Gasteiger charge is 2.09. The van der Waals surface area contributed by atoms with Crippen molar-refractivity contribution < 1.29 is 4.79 Å². The van der Waals surface area contributed by atoms with E-state index in [4.69, 9.17) is 0 Å². The molecule has 0 aliphatic carbocycles. The Balaban J connectivity index is 3.46. The minimum absolute atomic E-state index is 0.0603. The van der Waals surface area contributed by atoms with Crippen LogP contribution in [0.5, 0.6) is 0 Å². The van der Waals surface area contributed by atoms with Gasteiger partial charge in [-0.25, -0.2) is 0 Å². The van der Waals surface area contributed by atoms with Crippen molar-refractivity contribution in [3.05, 3.63) is 0 Å². The SMILES string of the molecule is CCC(=O)CNC(C)(C)C. The summed E-state index contributed by atoms with van der Waals surface area (Å²) in [5, 5.41) is 3.12. The van der Waals surface area contributed by atoms with Crippen LogP contribution in [0.3, 0.4) is 0 Å². The van der Waals surface area contributed by atoms with E-state index in [2.05, 4.69) is 26.1 Å². The van der Waals surface area contributed by atoms with Crippen LogP contribution in [0.1, 0.15) is 34.1 Å². The number of carbonyl (C=O) groups excluding carboxylic acids is 1. The third-order valence-corrected chi connectivity index (χ3v) is 1.21. The molecule has 0 aromatic heterocycles. The minimum atomic E-state index is 0.0603. The van der Waals surface area contributed by atoms with Gasteiger partial charge in [-0.3, -0.25) is 4.79 Å². The van der Waals surface area contributed by atoms with E-state index in [-0.39, 0.29) is 11.3 Å². The van der Waals surface area contributed by atoms with Crippen molar-refractivity contribution in [1.29, 1.82) is 0 Å². The largest absolute Gasteiger partial charge is 0.305 e. The van der Waals surface area contributed by atoms with Crippen LogP contribution in [0.2, 0.25) is 0 Å². The van der Waals surface area contributed by atoms with Gasteiger partial charge in [-0.1, -0.05) is 6.92 Å². The molecule has 0 rings (SSSR count). The maximum absolute atomic E-state index is 10.8. The first kappa shape index (κ1) is 9.63. The Labute approximate surface area is 63.0 Å². The van der Waals surface area contributed by atoms with Gasteiger partial charge in [0.1, 0.15) is 5.78 Å². The lowest BCUT2D eigenvalue weighted by atomic mass is 10.1. The molecule has 0 fully saturated rings. The first-order chi connectivity index (χ1) is 4.45. The molecule has 2 heteroatoms. The van der Waals surface area contributed by atoms with Gasteiger partial charge in [-0.15, -0.1) is 0 Å². The molecule has 0 unspecified atom stereocenters. The first-order valence-corrected chi connectivity index (χ1v) is 3.72. The summed E-state index contributed by atoms with van der Waals surface area (Å²) in [6, 6.07) is 0.